The minimum atomic E-state index is 0.980. The highest BCUT2D eigenvalue weighted by Crippen LogP contribution is 2.45. The second-order valence-corrected chi connectivity index (χ2v) is 3.55. The fourth-order valence-electron chi connectivity index (χ4n) is 2.28. The first kappa shape index (κ1) is 5.52. The summed E-state index contributed by atoms with van der Waals surface area (Å²) in [4.78, 5) is 0. The van der Waals surface area contributed by atoms with Crippen LogP contribution < -0.4 is 0 Å². The zero-order chi connectivity index (χ0) is 6.27. The lowest BCUT2D eigenvalue weighted by molar-refractivity contribution is 0.109. The Labute approximate surface area is 57.0 Å². The highest BCUT2D eigenvalue weighted by molar-refractivity contribution is 5.04. The van der Waals surface area contributed by atoms with Gasteiger partial charge in [0.05, 0.1) is 0 Å². The van der Waals surface area contributed by atoms with E-state index in [1.807, 2.05) is 0 Å². The first-order valence-corrected chi connectivity index (χ1v) is 4.04. The minimum Gasteiger partial charge on any atom is -0.0882 e. The van der Waals surface area contributed by atoms with Gasteiger partial charge in [0.25, 0.3) is 0 Å². The van der Waals surface area contributed by atoms with E-state index in [-0.39, 0.29) is 0 Å². The Balaban J connectivity index is 2.06. The maximum Gasteiger partial charge on any atom is -0.0200 e. The summed E-state index contributed by atoms with van der Waals surface area (Å²) in [5, 5.41) is 0. The van der Waals surface area contributed by atoms with Gasteiger partial charge in [0, 0.05) is 0 Å². The number of allylic oxidation sites excluding steroid dienone is 2. The Morgan fingerprint density at radius 3 is 2.89 bits per heavy atom. The molecule has 0 saturated heterocycles. The van der Waals surface area contributed by atoms with Crippen molar-refractivity contribution in [2.24, 2.45) is 17.8 Å². The van der Waals surface area contributed by atoms with Crippen LogP contribution >= 0.6 is 0 Å². The van der Waals surface area contributed by atoms with Crippen molar-refractivity contribution in [3.05, 3.63) is 12.2 Å². The van der Waals surface area contributed by atoms with E-state index in [1.165, 1.54) is 19.3 Å². The maximum absolute atomic E-state index is 2.42. The zero-order valence-corrected chi connectivity index (χ0v) is 6.01. The molecule has 0 aromatic rings. The van der Waals surface area contributed by atoms with Crippen LogP contribution in [0.25, 0.3) is 0 Å². The molecule has 0 spiro atoms. The first-order chi connectivity index (χ1) is 4.38. The van der Waals surface area contributed by atoms with Gasteiger partial charge >= 0.3 is 0 Å². The summed E-state index contributed by atoms with van der Waals surface area (Å²) in [6.45, 7) is 2.39. The molecule has 0 unspecified atom stereocenters. The predicted octanol–water partition coefficient (Wildman–Crippen LogP) is 2.61. The molecule has 2 aliphatic rings. The first-order valence-electron chi connectivity index (χ1n) is 4.04. The van der Waals surface area contributed by atoms with Gasteiger partial charge in [0.15, 0.2) is 0 Å². The van der Waals surface area contributed by atoms with Crippen molar-refractivity contribution in [2.75, 3.05) is 0 Å². The Morgan fingerprint density at radius 2 is 2.33 bits per heavy atom. The molecule has 0 radical (unpaired) electrons. The molecule has 2 aliphatic carbocycles. The summed E-state index contributed by atoms with van der Waals surface area (Å²) in [5.41, 5.74) is 0. The topological polar surface area (TPSA) is 0 Å². The zero-order valence-electron chi connectivity index (χ0n) is 6.01. The lowest BCUT2D eigenvalue weighted by atomic mass is 9.62. The van der Waals surface area contributed by atoms with Crippen LogP contribution in [-0.2, 0) is 0 Å². The normalized spacial score (nSPS) is 47.9. The molecule has 0 heteroatoms. The van der Waals surface area contributed by atoms with Crippen LogP contribution in [0.2, 0.25) is 0 Å². The van der Waals surface area contributed by atoms with Crippen molar-refractivity contribution >= 4 is 0 Å². The van der Waals surface area contributed by atoms with Crippen molar-refractivity contribution in [1.82, 2.24) is 0 Å². The fourth-order valence-corrected chi connectivity index (χ4v) is 2.28. The van der Waals surface area contributed by atoms with Crippen molar-refractivity contribution in [2.45, 2.75) is 26.2 Å². The number of fused-ring (bicyclic) bond motifs is 1. The molecule has 0 amide bonds. The molecular formula is C9H14. The number of hydrogen-bond donors (Lipinski definition) is 0. The molecule has 0 aliphatic heterocycles. The number of rotatable bonds is 0. The van der Waals surface area contributed by atoms with Crippen LogP contribution in [0.3, 0.4) is 0 Å². The molecule has 0 aromatic carbocycles. The summed E-state index contributed by atoms with van der Waals surface area (Å²) < 4.78 is 0. The summed E-state index contributed by atoms with van der Waals surface area (Å²) in [7, 11) is 0. The molecule has 50 valence electrons. The predicted molar refractivity (Wildman–Crippen MR) is 39.1 cm³/mol. The Hall–Kier alpha value is -0.260. The Bertz CT molecular complexity index is 135. The van der Waals surface area contributed by atoms with E-state index in [9.17, 15) is 0 Å². The molecule has 2 rings (SSSR count). The average molecular weight is 122 g/mol. The van der Waals surface area contributed by atoms with Crippen molar-refractivity contribution in [3.63, 3.8) is 0 Å². The molecule has 0 bridgehead atoms. The summed E-state index contributed by atoms with van der Waals surface area (Å²) in [5.74, 6) is 3.07. The van der Waals surface area contributed by atoms with Crippen molar-refractivity contribution in [3.8, 4) is 0 Å². The van der Waals surface area contributed by atoms with E-state index in [0.29, 0.717) is 0 Å². The SMILES string of the molecule is C[C@@H]1C[C@H]2C=CCC[C@@H]12. The van der Waals surface area contributed by atoms with E-state index >= 15 is 0 Å². The lowest BCUT2D eigenvalue weighted by Crippen LogP contribution is -2.34. The number of hydrogen-bond acceptors (Lipinski definition) is 0. The molecule has 0 heterocycles. The maximum atomic E-state index is 2.42. The second-order valence-electron chi connectivity index (χ2n) is 3.55. The van der Waals surface area contributed by atoms with Gasteiger partial charge in [-0.3, -0.25) is 0 Å². The minimum absolute atomic E-state index is 0.980. The average Bonchev–Trinajstić information content (AvgIpc) is 1.86. The van der Waals surface area contributed by atoms with Gasteiger partial charge in [-0.2, -0.15) is 0 Å². The van der Waals surface area contributed by atoms with Crippen LogP contribution in [0.5, 0.6) is 0 Å². The van der Waals surface area contributed by atoms with Gasteiger partial charge in [-0.25, -0.2) is 0 Å². The van der Waals surface area contributed by atoms with Crippen LogP contribution in [0.15, 0.2) is 12.2 Å². The molecule has 0 aromatic heterocycles. The second kappa shape index (κ2) is 1.86. The monoisotopic (exact) mass is 122 g/mol. The largest absolute Gasteiger partial charge is 0.0882 e. The molecular weight excluding hydrogens is 108 g/mol. The Morgan fingerprint density at radius 1 is 1.44 bits per heavy atom. The van der Waals surface area contributed by atoms with Crippen LogP contribution in [-0.4, -0.2) is 0 Å². The van der Waals surface area contributed by atoms with Crippen LogP contribution in [0.4, 0.5) is 0 Å². The van der Waals surface area contributed by atoms with Crippen molar-refractivity contribution in [1.29, 1.82) is 0 Å². The van der Waals surface area contributed by atoms with Gasteiger partial charge in [-0.15, -0.1) is 0 Å². The molecule has 0 nitrogen and oxygen atoms in total. The summed E-state index contributed by atoms with van der Waals surface area (Å²) >= 11 is 0. The van der Waals surface area contributed by atoms with E-state index < -0.39 is 0 Å². The van der Waals surface area contributed by atoms with E-state index in [0.717, 1.165) is 17.8 Å². The lowest BCUT2D eigenvalue weighted by Gasteiger charge is -2.43. The standard InChI is InChI=1S/C9H14/c1-7-6-8-4-2-3-5-9(7)8/h2,4,7-9H,3,5-6H2,1H3/t7-,8-,9+/m1/s1. The van der Waals surface area contributed by atoms with Crippen LogP contribution in [0, 0.1) is 17.8 Å². The third-order valence-electron chi connectivity index (χ3n) is 2.97. The summed E-state index contributed by atoms with van der Waals surface area (Å²) in [6.07, 6.45) is 9.04. The van der Waals surface area contributed by atoms with Gasteiger partial charge in [0.2, 0.25) is 0 Å². The molecule has 1 saturated carbocycles. The molecule has 1 fully saturated rings. The molecule has 0 N–H and O–H groups in total. The molecule has 9 heavy (non-hydrogen) atoms. The quantitative estimate of drug-likeness (QED) is 0.433. The molecule has 3 atom stereocenters. The Kier molecular flexibility index (Phi) is 1.14. The van der Waals surface area contributed by atoms with Crippen LogP contribution in [0.1, 0.15) is 26.2 Å². The summed E-state index contributed by atoms with van der Waals surface area (Å²) in [6, 6.07) is 0. The smallest absolute Gasteiger partial charge is 0.0200 e. The van der Waals surface area contributed by atoms with E-state index in [4.69, 9.17) is 0 Å². The van der Waals surface area contributed by atoms with Gasteiger partial charge < -0.3 is 0 Å². The highest BCUT2D eigenvalue weighted by Gasteiger charge is 2.36. The van der Waals surface area contributed by atoms with E-state index in [1.54, 1.807) is 0 Å². The van der Waals surface area contributed by atoms with Gasteiger partial charge in [-0.1, -0.05) is 19.1 Å². The highest BCUT2D eigenvalue weighted by atomic mass is 14.4. The van der Waals surface area contributed by atoms with Crippen molar-refractivity contribution < 1.29 is 0 Å². The van der Waals surface area contributed by atoms with Gasteiger partial charge in [0.1, 0.15) is 0 Å². The van der Waals surface area contributed by atoms with E-state index in [2.05, 4.69) is 19.1 Å². The third-order valence-corrected chi connectivity index (χ3v) is 2.97. The third kappa shape index (κ3) is 0.726. The fraction of sp³-hybridized carbons (Fsp3) is 0.778. The van der Waals surface area contributed by atoms with Gasteiger partial charge in [-0.05, 0) is 37.0 Å².